The lowest BCUT2D eigenvalue weighted by Crippen LogP contribution is -2.56. The van der Waals surface area contributed by atoms with Gasteiger partial charge in [0.1, 0.15) is 19.0 Å². The molecule has 1 heterocycles. The first kappa shape index (κ1) is 22.6. The molecule has 2 amide bonds. The summed E-state index contributed by atoms with van der Waals surface area (Å²) in [4.78, 5) is 28.7. The molecule has 0 unspecified atom stereocenters. The van der Waals surface area contributed by atoms with Gasteiger partial charge in [0, 0.05) is 32.2 Å². The monoisotopic (exact) mass is 457 g/mol. The molecule has 0 spiro atoms. The van der Waals surface area contributed by atoms with Gasteiger partial charge in [0.15, 0.2) is 0 Å². The maximum atomic E-state index is 14.0. The van der Waals surface area contributed by atoms with E-state index in [1.165, 1.54) is 44.6 Å². The Kier molecular flexibility index (Phi) is 6.34. The fourth-order valence-corrected chi connectivity index (χ4v) is 7.37. The summed E-state index contributed by atoms with van der Waals surface area (Å²) in [5, 5.41) is 3.19. The molecule has 1 N–H and O–H groups in total. The van der Waals surface area contributed by atoms with E-state index in [1.807, 2.05) is 11.0 Å². The Morgan fingerprint density at radius 1 is 1.03 bits per heavy atom. The minimum Gasteiger partial charge on any atom is -0.366 e. The molecular weight excluding hydrogens is 421 g/mol. The second-order valence-corrected chi connectivity index (χ2v) is 10.9. The van der Waals surface area contributed by atoms with E-state index >= 15 is 0 Å². The first-order chi connectivity index (χ1) is 15.9. The van der Waals surface area contributed by atoms with Crippen molar-refractivity contribution in [3.8, 4) is 0 Å². The van der Waals surface area contributed by atoms with Crippen molar-refractivity contribution in [3.63, 3.8) is 0 Å². The first-order valence-electron chi connectivity index (χ1n) is 12.6. The first-order valence-corrected chi connectivity index (χ1v) is 12.6. The Morgan fingerprint density at radius 3 is 2.24 bits per heavy atom. The van der Waals surface area contributed by atoms with E-state index in [0.29, 0.717) is 31.9 Å². The van der Waals surface area contributed by atoms with Crippen LogP contribution in [0.4, 0.5) is 10.1 Å². The summed E-state index contributed by atoms with van der Waals surface area (Å²) >= 11 is 0. The standard InChI is InChI=1S/C26H36FN3O3/c1-18(26-13-19-10-20(14-26)12-21(11-19)15-26)28-24(31)16-33-17-25(32)30-8-6-29(7-9-30)23-5-3-2-4-22(23)27/h2-5,18-21H,6-17H2,1H3,(H,28,31)/t18-,19?,20?,21?,26?/m1/s1. The second-order valence-electron chi connectivity index (χ2n) is 10.9. The predicted molar refractivity (Wildman–Crippen MR) is 124 cm³/mol. The molecule has 5 aliphatic rings. The third-order valence-corrected chi connectivity index (χ3v) is 8.67. The van der Waals surface area contributed by atoms with Gasteiger partial charge in [-0.15, -0.1) is 0 Å². The molecule has 4 aliphatic carbocycles. The molecule has 1 aromatic rings. The average molecular weight is 458 g/mol. The van der Waals surface area contributed by atoms with Crippen LogP contribution in [0.5, 0.6) is 0 Å². The number of piperazine rings is 1. The zero-order chi connectivity index (χ0) is 23.0. The van der Waals surface area contributed by atoms with E-state index in [1.54, 1.807) is 17.0 Å². The third kappa shape index (κ3) is 4.75. The largest absolute Gasteiger partial charge is 0.366 e. The fraction of sp³-hybridized carbons (Fsp3) is 0.692. The van der Waals surface area contributed by atoms with E-state index in [0.717, 1.165) is 17.8 Å². The van der Waals surface area contributed by atoms with Crippen molar-refractivity contribution >= 4 is 17.5 Å². The topological polar surface area (TPSA) is 61.9 Å². The Hall–Kier alpha value is -2.15. The average Bonchev–Trinajstić information content (AvgIpc) is 2.78. The molecule has 1 aromatic carbocycles. The molecule has 6 nitrogen and oxygen atoms in total. The number of halogens is 1. The zero-order valence-corrected chi connectivity index (χ0v) is 19.6. The number of para-hydroxylation sites is 1. The van der Waals surface area contributed by atoms with Gasteiger partial charge in [-0.3, -0.25) is 9.59 Å². The zero-order valence-electron chi connectivity index (χ0n) is 19.6. The van der Waals surface area contributed by atoms with E-state index in [9.17, 15) is 14.0 Å². The molecule has 7 heteroatoms. The maximum Gasteiger partial charge on any atom is 0.248 e. The van der Waals surface area contributed by atoms with Crippen molar-refractivity contribution in [2.45, 2.75) is 51.5 Å². The van der Waals surface area contributed by atoms with Crippen molar-refractivity contribution in [3.05, 3.63) is 30.1 Å². The van der Waals surface area contributed by atoms with Crippen LogP contribution in [-0.2, 0) is 14.3 Å². The van der Waals surface area contributed by atoms with E-state index in [4.69, 9.17) is 4.74 Å². The normalized spacial score (nSPS) is 31.5. The lowest BCUT2D eigenvalue weighted by atomic mass is 9.48. The van der Waals surface area contributed by atoms with Gasteiger partial charge in [0.05, 0.1) is 5.69 Å². The number of hydrogen-bond acceptors (Lipinski definition) is 4. The van der Waals surface area contributed by atoms with Crippen molar-refractivity contribution in [2.24, 2.45) is 23.2 Å². The van der Waals surface area contributed by atoms with Crippen LogP contribution in [0.15, 0.2) is 24.3 Å². The van der Waals surface area contributed by atoms with Gasteiger partial charge < -0.3 is 19.9 Å². The molecule has 4 bridgehead atoms. The highest BCUT2D eigenvalue weighted by molar-refractivity contribution is 5.80. The van der Waals surface area contributed by atoms with E-state index in [2.05, 4.69) is 12.2 Å². The smallest absolute Gasteiger partial charge is 0.248 e. The van der Waals surface area contributed by atoms with Crippen LogP contribution >= 0.6 is 0 Å². The van der Waals surface area contributed by atoms with Crippen LogP contribution in [0.3, 0.4) is 0 Å². The number of carbonyl (C=O) groups excluding carboxylic acids is 2. The number of nitrogens with one attached hydrogen (secondary N) is 1. The maximum absolute atomic E-state index is 14.0. The number of hydrogen-bond donors (Lipinski definition) is 1. The fourth-order valence-electron chi connectivity index (χ4n) is 7.37. The Labute approximate surface area is 195 Å². The van der Waals surface area contributed by atoms with Gasteiger partial charge in [-0.05, 0) is 80.8 Å². The van der Waals surface area contributed by atoms with Crippen LogP contribution in [0, 0.1) is 29.0 Å². The van der Waals surface area contributed by atoms with E-state index < -0.39 is 0 Å². The van der Waals surface area contributed by atoms with E-state index in [-0.39, 0.29) is 42.3 Å². The third-order valence-electron chi connectivity index (χ3n) is 8.67. The van der Waals surface area contributed by atoms with Gasteiger partial charge in [0.25, 0.3) is 0 Å². The van der Waals surface area contributed by atoms with Crippen LogP contribution in [0.2, 0.25) is 0 Å². The molecule has 33 heavy (non-hydrogen) atoms. The number of carbonyl (C=O) groups is 2. The molecular formula is C26H36FN3O3. The van der Waals surface area contributed by atoms with Gasteiger partial charge in [-0.1, -0.05) is 12.1 Å². The number of nitrogens with zero attached hydrogens (tertiary/aromatic N) is 2. The van der Waals surface area contributed by atoms with Crippen molar-refractivity contribution < 1.29 is 18.7 Å². The Morgan fingerprint density at radius 2 is 1.64 bits per heavy atom. The van der Waals surface area contributed by atoms with Crippen LogP contribution in [0.25, 0.3) is 0 Å². The highest BCUT2D eigenvalue weighted by atomic mass is 19.1. The SMILES string of the molecule is C[C@@H](NC(=O)COCC(=O)N1CCN(c2ccccc2F)CC1)C12CC3CC(CC(C3)C1)C2. The molecule has 4 saturated carbocycles. The molecule has 1 saturated heterocycles. The van der Waals surface area contributed by atoms with Crippen molar-refractivity contribution in [1.29, 1.82) is 0 Å². The number of amides is 2. The number of rotatable bonds is 7. The van der Waals surface area contributed by atoms with Crippen molar-refractivity contribution in [1.82, 2.24) is 10.2 Å². The summed E-state index contributed by atoms with van der Waals surface area (Å²) in [5.74, 6) is 2.06. The van der Waals surface area contributed by atoms with Crippen molar-refractivity contribution in [2.75, 3.05) is 44.3 Å². The lowest BCUT2D eigenvalue weighted by Gasteiger charge is -2.59. The summed E-state index contributed by atoms with van der Waals surface area (Å²) in [5.41, 5.74) is 0.837. The highest BCUT2D eigenvalue weighted by Gasteiger charge is 2.53. The quantitative estimate of drug-likeness (QED) is 0.683. The molecule has 6 rings (SSSR count). The molecule has 5 fully saturated rings. The minimum atomic E-state index is -0.241. The predicted octanol–water partition coefficient (Wildman–Crippen LogP) is 3.21. The molecule has 0 aromatic heterocycles. The minimum absolute atomic E-state index is 0.0857. The van der Waals surface area contributed by atoms with Crippen LogP contribution < -0.4 is 10.2 Å². The second kappa shape index (κ2) is 9.24. The highest BCUT2D eigenvalue weighted by Crippen LogP contribution is 2.61. The van der Waals surface area contributed by atoms with Crippen LogP contribution in [-0.4, -0.2) is 62.1 Å². The van der Waals surface area contributed by atoms with Gasteiger partial charge in [0.2, 0.25) is 11.8 Å². The summed E-state index contributed by atoms with van der Waals surface area (Å²) in [6.45, 7) is 4.17. The van der Waals surface area contributed by atoms with Gasteiger partial charge in [-0.25, -0.2) is 4.39 Å². The Balaban J connectivity index is 1.03. The molecule has 1 atom stereocenters. The number of ether oxygens (including phenoxy) is 1. The van der Waals surface area contributed by atoms with Gasteiger partial charge in [-0.2, -0.15) is 0 Å². The summed E-state index contributed by atoms with van der Waals surface area (Å²) in [6.07, 6.45) is 7.91. The van der Waals surface area contributed by atoms with Crippen LogP contribution in [0.1, 0.15) is 45.4 Å². The molecule has 0 radical (unpaired) electrons. The summed E-state index contributed by atoms with van der Waals surface area (Å²) < 4.78 is 19.5. The number of anilines is 1. The van der Waals surface area contributed by atoms with Gasteiger partial charge >= 0.3 is 0 Å². The number of benzene rings is 1. The molecule has 180 valence electrons. The lowest BCUT2D eigenvalue weighted by molar-refractivity contribution is -0.139. The Bertz CT molecular complexity index is 848. The summed E-state index contributed by atoms with van der Waals surface area (Å²) in [6, 6.07) is 6.87. The summed E-state index contributed by atoms with van der Waals surface area (Å²) in [7, 11) is 0. The molecule has 1 aliphatic heterocycles.